The van der Waals surface area contributed by atoms with Gasteiger partial charge >= 0.3 is 0 Å². The molecular formula is C13H20N4O2. The van der Waals surface area contributed by atoms with E-state index < -0.39 is 0 Å². The fourth-order valence-electron chi connectivity index (χ4n) is 2.44. The molecule has 2 rings (SSSR count). The molecule has 1 atom stereocenters. The van der Waals surface area contributed by atoms with Gasteiger partial charge in [0.2, 0.25) is 0 Å². The van der Waals surface area contributed by atoms with E-state index in [1.165, 1.54) is 0 Å². The van der Waals surface area contributed by atoms with Crippen LogP contribution in [-0.4, -0.2) is 42.6 Å². The molecule has 1 fully saturated rings. The van der Waals surface area contributed by atoms with E-state index in [0.717, 1.165) is 25.2 Å². The van der Waals surface area contributed by atoms with E-state index in [9.17, 15) is 4.79 Å². The first-order chi connectivity index (χ1) is 9.13. The van der Waals surface area contributed by atoms with Crippen molar-refractivity contribution in [1.29, 1.82) is 0 Å². The molecule has 1 aromatic heterocycles. The van der Waals surface area contributed by atoms with Crippen LogP contribution in [0.25, 0.3) is 0 Å². The summed E-state index contributed by atoms with van der Waals surface area (Å²) < 4.78 is 5.14. The minimum Gasteiger partial charge on any atom is -0.384 e. The van der Waals surface area contributed by atoms with Crippen LogP contribution in [0.2, 0.25) is 0 Å². The normalized spacial score (nSPS) is 18.7. The molecule has 1 aromatic rings. The number of aromatic nitrogens is 1. The van der Waals surface area contributed by atoms with Gasteiger partial charge in [0, 0.05) is 37.4 Å². The largest absolute Gasteiger partial charge is 0.384 e. The van der Waals surface area contributed by atoms with Gasteiger partial charge in [0.15, 0.2) is 0 Å². The van der Waals surface area contributed by atoms with Crippen molar-refractivity contribution in [2.75, 3.05) is 32.2 Å². The Morgan fingerprint density at radius 1 is 1.63 bits per heavy atom. The van der Waals surface area contributed by atoms with Gasteiger partial charge in [0.25, 0.3) is 5.91 Å². The number of hydrogen-bond acceptors (Lipinski definition) is 5. The van der Waals surface area contributed by atoms with Gasteiger partial charge < -0.3 is 15.1 Å². The highest BCUT2D eigenvalue weighted by molar-refractivity contribution is 5.95. The average Bonchev–Trinajstić information content (AvgIpc) is 2.86. The molecule has 0 radical (unpaired) electrons. The van der Waals surface area contributed by atoms with E-state index in [1.807, 2.05) is 11.8 Å². The fraction of sp³-hybridized carbons (Fsp3) is 0.538. The summed E-state index contributed by atoms with van der Waals surface area (Å²) in [4.78, 5) is 18.4. The molecule has 1 aliphatic heterocycles. The first kappa shape index (κ1) is 13.8. The van der Waals surface area contributed by atoms with E-state index in [-0.39, 0.29) is 5.91 Å². The minimum atomic E-state index is 0.0283. The van der Waals surface area contributed by atoms with Crippen LogP contribution in [0.5, 0.6) is 0 Å². The molecule has 19 heavy (non-hydrogen) atoms. The zero-order valence-electron chi connectivity index (χ0n) is 11.3. The number of aryl methyl sites for hydroxylation is 1. The van der Waals surface area contributed by atoms with E-state index in [4.69, 9.17) is 10.6 Å². The smallest absolute Gasteiger partial charge is 0.254 e. The second kappa shape index (κ2) is 5.99. The highest BCUT2D eigenvalue weighted by Gasteiger charge is 2.27. The van der Waals surface area contributed by atoms with Crippen molar-refractivity contribution in [3.8, 4) is 0 Å². The first-order valence-electron chi connectivity index (χ1n) is 6.37. The Bertz CT molecular complexity index is 464. The van der Waals surface area contributed by atoms with Crippen LogP contribution in [0.3, 0.4) is 0 Å². The molecule has 0 saturated carbocycles. The van der Waals surface area contributed by atoms with E-state index in [2.05, 4.69) is 10.4 Å². The van der Waals surface area contributed by atoms with Crippen molar-refractivity contribution >= 4 is 11.7 Å². The number of nitrogens with two attached hydrogens (primary N) is 1. The second-order valence-corrected chi connectivity index (χ2v) is 4.89. The summed E-state index contributed by atoms with van der Waals surface area (Å²) in [5.41, 5.74) is 3.87. The second-order valence-electron chi connectivity index (χ2n) is 4.89. The number of carbonyl (C=O) groups is 1. The van der Waals surface area contributed by atoms with Crippen LogP contribution in [0.1, 0.15) is 22.5 Å². The van der Waals surface area contributed by atoms with Crippen LogP contribution in [0, 0.1) is 12.8 Å². The Morgan fingerprint density at radius 2 is 2.42 bits per heavy atom. The standard InChI is InChI=1S/C13H20N4O2/c1-9-5-11(6-12(15-9)16-14)13(18)17-4-3-10(7-17)8-19-2/h5-6,10H,3-4,7-8,14H2,1-2H3,(H,15,16). The third kappa shape index (κ3) is 3.21. The van der Waals surface area contributed by atoms with Crippen LogP contribution >= 0.6 is 0 Å². The minimum absolute atomic E-state index is 0.0283. The van der Waals surface area contributed by atoms with Crippen molar-refractivity contribution in [3.05, 3.63) is 23.4 Å². The maximum atomic E-state index is 12.4. The molecule has 1 saturated heterocycles. The Morgan fingerprint density at radius 3 is 3.11 bits per heavy atom. The lowest BCUT2D eigenvalue weighted by Crippen LogP contribution is -2.29. The first-order valence-corrected chi connectivity index (χ1v) is 6.37. The number of nitrogens with zero attached hydrogens (tertiary/aromatic N) is 2. The predicted octanol–water partition coefficient (Wildman–Crippen LogP) is 0.784. The number of nitrogen functional groups attached to an aromatic ring is 1. The van der Waals surface area contributed by atoms with Crippen LogP contribution in [0.4, 0.5) is 5.82 Å². The monoisotopic (exact) mass is 264 g/mol. The molecule has 1 unspecified atom stereocenters. The van der Waals surface area contributed by atoms with Crippen molar-refractivity contribution in [1.82, 2.24) is 9.88 Å². The number of hydrogen-bond donors (Lipinski definition) is 2. The molecule has 2 heterocycles. The molecule has 1 amide bonds. The molecule has 6 nitrogen and oxygen atoms in total. The number of ether oxygens (including phenoxy) is 1. The van der Waals surface area contributed by atoms with Crippen molar-refractivity contribution in [2.24, 2.45) is 11.8 Å². The Hall–Kier alpha value is -1.66. The van der Waals surface area contributed by atoms with Gasteiger partial charge in [0.1, 0.15) is 5.82 Å². The maximum absolute atomic E-state index is 12.4. The van der Waals surface area contributed by atoms with Gasteiger partial charge in [-0.2, -0.15) is 0 Å². The summed E-state index contributed by atoms with van der Waals surface area (Å²) in [7, 11) is 1.69. The number of nitrogens with one attached hydrogen (secondary N) is 1. The molecular weight excluding hydrogens is 244 g/mol. The molecule has 3 N–H and O–H groups in total. The lowest BCUT2D eigenvalue weighted by atomic mass is 10.1. The van der Waals surface area contributed by atoms with Crippen LogP contribution in [0.15, 0.2) is 12.1 Å². The SMILES string of the molecule is COCC1CCN(C(=O)c2cc(C)nc(NN)c2)C1. The molecule has 0 bridgehead atoms. The quantitative estimate of drug-likeness (QED) is 0.620. The third-order valence-electron chi connectivity index (χ3n) is 3.32. The molecule has 0 spiro atoms. The Kier molecular flexibility index (Phi) is 4.34. The summed E-state index contributed by atoms with van der Waals surface area (Å²) in [6.45, 7) is 4.07. The summed E-state index contributed by atoms with van der Waals surface area (Å²) in [6, 6.07) is 3.46. The number of hydrazine groups is 1. The molecule has 0 aliphatic carbocycles. The summed E-state index contributed by atoms with van der Waals surface area (Å²) in [5, 5.41) is 0. The molecule has 104 valence electrons. The lowest BCUT2D eigenvalue weighted by Gasteiger charge is -2.17. The van der Waals surface area contributed by atoms with Gasteiger partial charge in [-0.3, -0.25) is 4.79 Å². The highest BCUT2D eigenvalue weighted by atomic mass is 16.5. The lowest BCUT2D eigenvalue weighted by molar-refractivity contribution is 0.0775. The third-order valence-corrected chi connectivity index (χ3v) is 3.32. The predicted molar refractivity (Wildman–Crippen MR) is 72.7 cm³/mol. The summed E-state index contributed by atoms with van der Waals surface area (Å²) >= 11 is 0. The molecule has 0 aromatic carbocycles. The average molecular weight is 264 g/mol. The van der Waals surface area contributed by atoms with E-state index in [0.29, 0.717) is 23.9 Å². The topological polar surface area (TPSA) is 80.5 Å². The molecule has 6 heteroatoms. The number of likely N-dealkylation sites (tertiary alicyclic amines) is 1. The zero-order valence-corrected chi connectivity index (χ0v) is 11.3. The van der Waals surface area contributed by atoms with Gasteiger partial charge in [-0.25, -0.2) is 10.8 Å². The zero-order chi connectivity index (χ0) is 13.8. The summed E-state index contributed by atoms with van der Waals surface area (Å²) in [6.07, 6.45) is 0.992. The van der Waals surface area contributed by atoms with E-state index >= 15 is 0 Å². The van der Waals surface area contributed by atoms with Crippen molar-refractivity contribution in [2.45, 2.75) is 13.3 Å². The molecule has 1 aliphatic rings. The fourth-order valence-corrected chi connectivity index (χ4v) is 2.44. The maximum Gasteiger partial charge on any atom is 0.254 e. The summed E-state index contributed by atoms with van der Waals surface area (Å²) in [5.74, 6) is 6.32. The van der Waals surface area contributed by atoms with Gasteiger partial charge in [-0.05, 0) is 25.5 Å². The highest BCUT2D eigenvalue weighted by Crippen LogP contribution is 2.20. The Labute approximate surface area is 112 Å². The van der Waals surface area contributed by atoms with Crippen molar-refractivity contribution < 1.29 is 9.53 Å². The number of methoxy groups -OCH3 is 1. The number of rotatable bonds is 4. The number of anilines is 1. The van der Waals surface area contributed by atoms with Crippen LogP contribution < -0.4 is 11.3 Å². The number of pyridine rings is 1. The van der Waals surface area contributed by atoms with Gasteiger partial charge in [-0.1, -0.05) is 0 Å². The number of amides is 1. The van der Waals surface area contributed by atoms with E-state index in [1.54, 1.807) is 19.2 Å². The number of carbonyl (C=O) groups excluding carboxylic acids is 1. The van der Waals surface area contributed by atoms with Crippen LogP contribution in [-0.2, 0) is 4.74 Å². The van der Waals surface area contributed by atoms with Gasteiger partial charge in [0.05, 0.1) is 6.61 Å². The van der Waals surface area contributed by atoms with Crippen molar-refractivity contribution in [3.63, 3.8) is 0 Å². The van der Waals surface area contributed by atoms with Gasteiger partial charge in [-0.15, -0.1) is 0 Å². The Balaban J connectivity index is 2.10.